The van der Waals surface area contributed by atoms with Crippen molar-refractivity contribution in [2.75, 3.05) is 5.32 Å². The largest absolute Gasteiger partial charge is 0.366 e. The Kier molecular flexibility index (Phi) is 5.48. The molecule has 26 heavy (non-hydrogen) atoms. The van der Waals surface area contributed by atoms with Crippen molar-refractivity contribution < 1.29 is 9.18 Å². The second-order valence-electron chi connectivity index (χ2n) is 5.71. The van der Waals surface area contributed by atoms with Gasteiger partial charge in [-0.1, -0.05) is 18.2 Å². The van der Waals surface area contributed by atoms with Crippen LogP contribution in [0.25, 0.3) is 0 Å². The third-order valence-electron chi connectivity index (χ3n) is 3.63. The van der Waals surface area contributed by atoms with E-state index in [0.29, 0.717) is 24.7 Å². The van der Waals surface area contributed by atoms with Crippen molar-refractivity contribution in [2.24, 2.45) is 0 Å². The highest BCUT2D eigenvalue weighted by Gasteiger charge is 2.10. The molecular formula is C19H18FN5O. The molecule has 132 valence electrons. The smallest absolute Gasteiger partial charge is 0.270 e. The average molecular weight is 351 g/mol. The molecule has 0 bridgehead atoms. The Balaban J connectivity index is 1.64. The molecule has 3 aromatic rings. The van der Waals surface area contributed by atoms with Crippen LogP contribution in [-0.4, -0.2) is 20.9 Å². The molecule has 0 atom stereocenters. The van der Waals surface area contributed by atoms with Crippen LogP contribution in [0.2, 0.25) is 0 Å². The van der Waals surface area contributed by atoms with Crippen molar-refractivity contribution in [1.29, 1.82) is 0 Å². The number of benzene rings is 1. The van der Waals surface area contributed by atoms with E-state index >= 15 is 0 Å². The topological polar surface area (TPSA) is 79.8 Å². The van der Waals surface area contributed by atoms with Crippen molar-refractivity contribution in [3.63, 3.8) is 0 Å². The molecule has 3 rings (SSSR count). The van der Waals surface area contributed by atoms with Crippen LogP contribution >= 0.6 is 0 Å². The van der Waals surface area contributed by atoms with Gasteiger partial charge in [-0.25, -0.2) is 14.4 Å². The molecule has 0 spiro atoms. The monoisotopic (exact) mass is 351 g/mol. The van der Waals surface area contributed by atoms with Crippen molar-refractivity contribution >= 4 is 11.7 Å². The fourth-order valence-corrected chi connectivity index (χ4v) is 2.35. The van der Waals surface area contributed by atoms with Crippen LogP contribution < -0.4 is 10.6 Å². The first-order valence-corrected chi connectivity index (χ1v) is 8.11. The Morgan fingerprint density at radius 3 is 2.62 bits per heavy atom. The van der Waals surface area contributed by atoms with Gasteiger partial charge in [0.1, 0.15) is 23.2 Å². The minimum atomic E-state index is -0.316. The lowest BCUT2D eigenvalue weighted by Crippen LogP contribution is -2.24. The second kappa shape index (κ2) is 8.15. The maximum absolute atomic E-state index is 12.9. The molecule has 1 amide bonds. The second-order valence-corrected chi connectivity index (χ2v) is 5.71. The number of nitrogens with one attached hydrogen (secondary N) is 2. The van der Waals surface area contributed by atoms with E-state index in [1.54, 1.807) is 37.5 Å². The summed E-state index contributed by atoms with van der Waals surface area (Å²) in [5, 5.41) is 5.94. The van der Waals surface area contributed by atoms with E-state index in [-0.39, 0.29) is 17.4 Å². The molecule has 1 aromatic carbocycles. The molecule has 2 heterocycles. The van der Waals surface area contributed by atoms with Gasteiger partial charge in [-0.3, -0.25) is 9.78 Å². The molecule has 0 aliphatic rings. The van der Waals surface area contributed by atoms with Gasteiger partial charge in [-0.2, -0.15) is 0 Å². The average Bonchev–Trinajstić information content (AvgIpc) is 2.66. The first-order chi connectivity index (χ1) is 12.6. The molecule has 6 nitrogen and oxygen atoms in total. The van der Waals surface area contributed by atoms with Crippen LogP contribution in [0.5, 0.6) is 0 Å². The van der Waals surface area contributed by atoms with E-state index in [1.165, 1.54) is 12.1 Å². The summed E-state index contributed by atoms with van der Waals surface area (Å²) in [4.78, 5) is 24.9. The van der Waals surface area contributed by atoms with E-state index in [0.717, 1.165) is 11.1 Å². The minimum Gasteiger partial charge on any atom is -0.366 e. The van der Waals surface area contributed by atoms with Crippen LogP contribution in [0.1, 0.15) is 27.4 Å². The predicted octanol–water partition coefficient (Wildman–Crippen LogP) is 2.86. The van der Waals surface area contributed by atoms with Gasteiger partial charge in [0.25, 0.3) is 5.91 Å². The lowest BCUT2D eigenvalue weighted by molar-refractivity contribution is 0.0945. The summed E-state index contributed by atoms with van der Waals surface area (Å²) >= 11 is 0. The molecule has 2 N–H and O–H groups in total. The Labute approximate surface area is 150 Å². The first kappa shape index (κ1) is 17.5. The number of pyridine rings is 1. The number of aryl methyl sites for hydroxylation is 1. The van der Waals surface area contributed by atoms with Gasteiger partial charge in [0.15, 0.2) is 0 Å². The van der Waals surface area contributed by atoms with Gasteiger partial charge in [0.2, 0.25) is 0 Å². The first-order valence-electron chi connectivity index (χ1n) is 8.11. The van der Waals surface area contributed by atoms with Crippen LogP contribution in [0.3, 0.4) is 0 Å². The van der Waals surface area contributed by atoms with Crippen LogP contribution in [0, 0.1) is 12.7 Å². The number of aromatic nitrogens is 3. The van der Waals surface area contributed by atoms with Crippen molar-refractivity contribution in [3.05, 3.63) is 83.3 Å². The Hall–Kier alpha value is -3.35. The van der Waals surface area contributed by atoms with Gasteiger partial charge in [-0.05, 0) is 36.2 Å². The highest BCUT2D eigenvalue weighted by Crippen LogP contribution is 2.09. The van der Waals surface area contributed by atoms with Gasteiger partial charge in [0.05, 0.1) is 0 Å². The molecule has 7 heteroatoms. The van der Waals surface area contributed by atoms with Gasteiger partial charge < -0.3 is 10.6 Å². The zero-order valence-electron chi connectivity index (χ0n) is 14.2. The van der Waals surface area contributed by atoms with E-state index in [2.05, 4.69) is 25.6 Å². The molecule has 0 fully saturated rings. The SMILES string of the molecule is Cc1nc(NCc2cccnc2)cc(C(=O)NCc2ccc(F)cc2)n1. The lowest BCUT2D eigenvalue weighted by Gasteiger charge is -2.09. The Bertz CT molecular complexity index is 884. The van der Waals surface area contributed by atoms with Crippen molar-refractivity contribution in [2.45, 2.75) is 20.0 Å². The summed E-state index contributed by atoms with van der Waals surface area (Å²) in [5.41, 5.74) is 2.08. The molecule has 0 aliphatic heterocycles. The molecule has 0 saturated carbocycles. The Morgan fingerprint density at radius 2 is 1.88 bits per heavy atom. The molecule has 0 saturated heterocycles. The van der Waals surface area contributed by atoms with Crippen LogP contribution in [0.15, 0.2) is 54.9 Å². The molecule has 0 unspecified atom stereocenters. The zero-order chi connectivity index (χ0) is 18.4. The van der Waals surface area contributed by atoms with Gasteiger partial charge in [-0.15, -0.1) is 0 Å². The summed E-state index contributed by atoms with van der Waals surface area (Å²) in [5.74, 6) is 0.432. The maximum atomic E-state index is 12.9. The minimum absolute atomic E-state index is 0.272. The van der Waals surface area contributed by atoms with Gasteiger partial charge >= 0.3 is 0 Å². The Morgan fingerprint density at radius 1 is 1.08 bits per heavy atom. The standard InChI is InChI=1S/C19H18FN5O/c1-13-24-17(19(26)23-11-14-4-6-16(20)7-5-14)9-18(25-13)22-12-15-3-2-8-21-10-15/h2-10H,11-12H2,1H3,(H,23,26)(H,22,24,25). The van der Waals surface area contributed by atoms with Crippen molar-refractivity contribution in [1.82, 2.24) is 20.3 Å². The zero-order valence-corrected chi connectivity index (χ0v) is 14.2. The molecule has 0 aliphatic carbocycles. The number of carbonyl (C=O) groups excluding carboxylic acids is 1. The quantitative estimate of drug-likeness (QED) is 0.714. The van der Waals surface area contributed by atoms with E-state index in [4.69, 9.17) is 0 Å². The summed E-state index contributed by atoms with van der Waals surface area (Å²) in [7, 11) is 0. The number of hydrogen-bond donors (Lipinski definition) is 2. The number of carbonyl (C=O) groups is 1. The molecular weight excluding hydrogens is 333 g/mol. The molecule has 0 radical (unpaired) electrons. The normalized spacial score (nSPS) is 10.4. The summed E-state index contributed by atoms with van der Waals surface area (Å²) in [6.07, 6.45) is 3.47. The van der Waals surface area contributed by atoms with E-state index in [9.17, 15) is 9.18 Å². The highest BCUT2D eigenvalue weighted by molar-refractivity contribution is 5.92. The summed E-state index contributed by atoms with van der Waals surface area (Å²) in [6.45, 7) is 2.56. The molecule has 2 aromatic heterocycles. The number of hydrogen-bond acceptors (Lipinski definition) is 5. The van der Waals surface area contributed by atoms with E-state index in [1.807, 2.05) is 12.1 Å². The number of rotatable bonds is 6. The van der Waals surface area contributed by atoms with Crippen LogP contribution in [0.4, 0.5) is 10.2 Å². The fraction of sp³-hybridized carbons (Fsp3) is 0.158. The summed E-state index contributed by atoms with van der Waals surface area (Å²) < 4.78 is 12.9. The predicted molar refractivity (Wildman–Crippen MR) is 95.9 cm³/mol. The highest BCUT2D eigenvalue weighted by atomic mass is 19.1. The van der Waals surface area contributed by atoms with Gasteiger partial charge in [0, 0.05) is 31.5 Å². The fourth-order valence-electron chi connectivity index (χ4n) is 2.35. The third kappa shape index (κ3) is 4.83. The lowest BCUT2D eigenvalue weighted by atomic mass is 10.2. The van der Waals surface area contributed by atoms with Crippen molar-refractivity contribution in [3.8, 4) is 0 Å². The van der Waals surface area contributed by atoms with Crippen LogP contribution in [-0.2, 0) is 13.1 Å². The third-order valence-corrected chi connectivity index (χ3v) is 3.63. The maximum Gasteiger partial charge on any atom is 0.270 e. The number of amides is 1. The summed E-state index contributed by atoms with van der Waals surface area (Å²) in [6, 6.07) is 11.4. The number of halogens is 1. The van der Waals surface area contributed by atoms with E-state index < -0.39 is 0 Å². The number of anilines is 1. The number of nitrogens with zero attached hydrogens (tertiary/aromatic N) is 3.